The Balaban J connectivity index is 1.44. The molecule has 0 radical (unpaired) electrons. The molecule has 32 heavy (non-hydrogen) atoms. The average Bonchev–Trinajstić information content (AvgIpc) is 3.21. The summed E-state index contributed by atoms with van der Waals surface area (Å²) in [7, 11) is -1.82. The van der Waals surface area contributed by atoms with Gasteiger partial charge in [-0.2, -0.15) is 5.06 Å². The van der Waals surface area contributed by atoms with Crippen molar-refractivity contribution in [3.05, 3.63) is 102 Å². The normalized spacial score (nSPS) is 19.2. The average molecular weight is 453 g/mol. The van der Waals surface area contributed by atoms with Crippen LogP contribution in [-0.2, 0) is 27.9 Å². The van der Waals surface area contributed by atoms with E-state index >= 15 is 0 Å². The second-order valence-corrected chi connectivity index (χ2v) is 9.83. The standard InChI is InChI=1S/C25H28N2O4S/c1-27-25(22-13-8-14-23(17-22)30-18-21-11-6-3-7-12-21)24(19-31-27)32(28,29)26-16-15-20-9-4-2-5-10-20/h2-14,17,24-26H,15-16,18-19H2,1H3/t24-,25-/m0/s1. The molecular weight excluding hydrogens is 424 g/mol. The molecule has 7 heteroatoms. The summed E-state index contributed by atoms with van der Waals surface area (Å²) in [6, 6.07) is 26.9. The molecule has 0 aliphatic carbocycles. The van der Waals surface area contributed by atoms with Crippen LogP contribution in [0.15, 0.2) is 84.9 Å². The highest BCUT2D eigenvalue weighted by atomic mass is 32.2. The first-order valence-electron chi connectivity index (χ1n) is 10.7. The first kappa shape index (κ1) is 22.5. The molecule has 1 saturated heterocycles. The van der Waals surface area contributed by atoms with Gasteiger partial charge in [0.15, 0.2) is 0 Å². The lowest BCUT2D eigenvalue weighted by molar-refractivity contribution is -0.110. The molecule has 1 aliphatic rings. The summed E-state index contributed by atoms with van der Waals surface area (Å²) in [5.74, 6) is 0.694. The molecule has 3 aromatic carbocycles. The van der Waals surface area contributed by atoms with Gasteiger partial charge in [-0.3, -0.25) is 4.84 Å². The molecule has 0 spiro atoms. The van der Waals surface area contributed by atoms with Gasteiger partial charge in [0.1, 0.15) is 17.6 Å². The monoisotopic (exact) mass is 452 g/mol. The maximum Gasteiger partial charge on any atom is 0.218 e. The number of ether oxygens (including phenoxy) is 1. The summed E-state index contributed by atoms with van der Waals surface area (Å²) in [5, 5.41) is 0.907. The Bertz CT molecular complexity index is 1110. The van der Waals surface area contributed by atoms with Crippen LogP contribution in [-0.4, -0.2) is 38.9 Å². The highest BCUT2D eigenvalue weighted by Crippen LogP contribution is 2.34. The third-order valence-electron chi connectivity index (χ3n) is 5.59. The van der Waals surface area contributed by atoms with E-state index in [-0.39, 0.29) is 6.61 Å². The maximum atomic E-state index is 13.1. The van der Waals surface area contributed by atoms with Gasteiger partial charge in [-0.05, 0) is 35.2 Å². The van der Waals surface area contributed by atoms with E-state index in [1.807, 2.05) is 84.9 Å². The van der Waals surface area contributed by atoms with Gasteiger partial charge >= 0.3 is 0 Å². The van der Waals surface area contributed by atoms with E-state index in [4.69, 9.17) is 9.57 Å². The molecule has 1 aliphatic heterocycles. The molecule has 1 heterocycles. The molecule has 1 N–H and O–H groups in total. The zero-order valence-corrected chi connectivity index (χ0v) is 18.9. The Morgan fingerprint density at radius 2 is 1.66 bits per heavy atom. The second-order valence-electron chi connectivity index (χ2n) is 7.85. The summed E-state index contributed by atoms with van der Waals surface area (Å²) in [6.07, 6.45) is 0.636. The number of benzene rings is 3. The van der Waals surface area contributed by atoms with Crippen LogP contribution in [0.2, 0.25) is 0 Å². The number of rotatable bonds is 9. The number of nitrogens with one attached hydrogen (secondary N) is 1. The van der Waals surface area contributed by atoms with Gasteiger partial charge in [-0.15, -0.1) is 0 Å². The van der Waals surface area contributed by atoms with Gasteiger partial charge in [-0.25, -0.2) is 13.1 Å². The Morgan fingerprint density at radius 1 is 0.969 bits per heavy atom. The van der Waals surface area contributed by atoms with Crippen molar-refractivity contribution in [3.63, 3.8) is 0 Å². The van der Waals surface area contributed by atoms with Crippen LogP contribution in [0.5, 0.6) is 5.75 Å². The maximum absolute atomic E-state index is 13.1. The van der Waals surface area contributed by atoms with Crippen LogP contribution in [0.1, 0.15) is 22.7 Å². The third-order valence-corrected chi connectivity index (χ3v) is 7.39. The van der Waals surface area contributed by atoms with E-state index in [1.54, 1.807) is 12.1 Å². The fourth-order valence-corrected chi connectivity index (χ4v) is 5.41. The highest BCUT2D eigenvalue weighted by molar-refractivity contribution is 7.90. The van der Waals surface area contributed by atoms with E-state index in [0.29, 0.717) is 25.3 Å². The Hall–Kier alpha value is -2.71. The van der Waals surface area contributed by atoms with Crippen molar-refractivity contribution < 1.29 is 18.0 Å². The minimum Gasteiger partial charge on any atom is -0.489 e. The lowest BCUT2D eigenvalue weighted by atomic mass is 10.0. The molecule has 0 bridgehead atoms. The van der Waals surface area contributed by atoms with Crippen molar-refractivity contribution in [1.29, 1.82) is 0 Å². The van der Waals surface area contributed by atoms with Gasteiger partial charge in [0, 0.05) is 13.6 Å². The number of sulfonamides is 1. The summed E-state index contributed by atoms with van der Waals surface area (Å²) in [5.41, 5.74) is 3.01. The first-order chi connectivity index (χ1) is 15.5. The second kappa shape index (κ2) is 10.3. The van der Waals surface area contributed by atoms with Crippen molar-refractivity contribution in [1.82, 2.24) is 9.79 Å². The third kappa shape index (κ3) is 5.55. The zero-order chi connectivity index (χ0) is 22.4. The lowest BCUT2D eigenvalue weighted by Gasteiger charge is -2.23. The van der Waals surface area contributed by atoms with E-state index in [0.717, 1.165) is 16.7 Å². The van der Waals surface area contributed by atoms with E-state index in [2.05, 4.69) is 4.72 Å². The van der Waals surface area contributed by atoms with E-state index in [1.165, 1.54) is 0 Å². The smallest absolute Gasteiger partial charge is 0.218 e. The number of nitrogens with zero attached hydrogens (tertiary/aromatic N) is 1. The Kier molecular flexibility index (Phi) is 7.22. The van der Waals surface area contributed by atoms with Crippen molar-refractivity contribution in [3.8, 4) is 5.75 Å². The van der Waals surface area contributed by atoms with E-state index in [9.17, 15) is 8.42 Å². The fourth-order valence-electron chi connectivity index (χ4n) is 3.90. The van der Waals surface area contributed by atoms with Gasteiger partial charge in [0.05, 0.1) is 12.6 Å². The minimum atomic E-state index is -3.59. The molecule has 4 rings (SSSR count). The van der Waals surface area contributed by atoms with Crippen molar-refractivity contribution in [2.45, 2.75) is 24.3 Å². The molecular formula is C25H28N2O4S. The predicted octanol–water partition coefficient (Wildman–Crippen LogP) is 3.71. The summed E-state index contributed by atoms with van der Waals surface area (Å²) in [4.78, 5) is 5.63. The fraction of sp³-hybridized carbons (Fsp3) is 0.280. The molecule has 2 atom stereocenters. The SMILES string of the molecule is CN1OC[C@H](S(=O)(=O)NCCc2ccccc2)[C@@H]1c1cccc(OCc2ccccc2)c1. The van der Waals surface area contributed by atoms with Crippen LogP contribution < -0.4 is 9.46 Å². The van der Waals surface area contributed by atoms with E-state index < -0.39 is 21.3 Å². The molecule has 0 aromatic heterocycles. The van der Waals surface area contributed by atoms with Crippen molar-refractivity contribution >= 4 is 10.0 Å². The molecule has 0 unspecified atom stereocenters. The molecule has 0 amide bonds. The number of hydrogen-bond acceptors (Lipinski definition) is 5. The van der Waals surface area contributed by atoms with Gasteiger partial charge in [0.2, 0.25) is 10.0 Å². The summed E-state index contributed by atoms with van der Waals surface area (Å²) >= 11 is 0. The molecule has 1 fully saturated rings. The Labute approximate surface area is 189 Å². The number of hydroxylamine groups is 2. The van der Waals surface area contributed by atoms with Gasteiger partial charge < -0.3 is 4.74 Å². The Morgan fingerprint density at radius 3 is 2.38 bits per heavy atom. The predicted molar refractivity (Wildman–Crippen MR) is 125 cm³/mol. The molecule has 168 valence electrons. The first-order valence-corrected chi connectivity index (χ1v) is 12.2. The zero-order valence-electron chi connectivity index (χ0n) is 18.1. The minimum absolute atomic E-state index is 0.108. The topological polar surface area (TPSA) is 67.9 Å². The summed E-state index contributed by atoms with van der Waals surface area (Å²) < 4.78 is 34.9. The van der Waals surface area contributed by atoms with Gasteiger partial charge in [0.25, 0.3) is 0 Å². The largest absolute Gasteiger partial charge is 0.489 e. The van der Waals surface area contributed by atoms with Crippen LogP contribution in [0.3, 0.4) is 0 Å². The van der Waals surface area contributed by atoms with Crippen LogP contribution in [0, 0.1) is 0 Å². The lowest BCUT2D eigenvalue weighted by Crippen LogP contribution is -2.40. The van der Waals surface area contributed by atoms with Crippen molar-refractivity contribution in [2.75, 3.05) is 20.2 Å². The molecule has 3 aromatic rings. The van der Waals surface area contributed by atoms with Crippen LogP contribution in [0.25, 0.3) is 0 Å². The van der Waals surface area contributed by atoms with Crippen molar-refractivity contribution in [2.24, 2.45) is 0 Å². The van der Waals surface area contributed by atoms with Crippen LogP contribution in [0.4, 0.5) is 0 Å². The highest BCUT2D eigenvalue weighted by Gasteiger charge is 2.43. The molecule has 6 nitrogen and oxygen atoms in total. The summed E-state index contributed by atoms with van der Waals surface area (Å²) in [6.45, 7) is 0.903. The van der Waals surface area contributed by atoms with Crippen LogP contribution >= 0.6 is 0 Å². The quantitative estimate of drug-likeness (QED) is 0.536. The van der Waals surface area contributed by atoms with Gasteiger partial charge in [-0.1, -0.05) is 72.8 Å². The molecule has 0 saturated carbocycles. The number of hydrogen-bond donors (Lipinski definition) is 1.